The van der Waals surface area contributed by atoms with E-state index in [1.807, 2.05) is 48.7 Å². The number of hydrogen-bond donors (Lipinski definition) is 1. The van der Waals surface area contributed by atoms with Crippen molar-refractivity contribution in [1.29, 1.82) is 5.26 Å². The van der Waals surface area contributed by atoms with Crippen LogP contribution >= 0.6 is 11.6 Å². The van der Waals surface area contributed by atoms with Crippen LogP contribution < -0.4 is 5.32 Å². The SMILES string of the molecule is N#C/C(=C\c1cn(Cc2ccc3ccccc3c2)c2ccccc12)C(=O)Nc1ccccc1Cl. The number of aromatic nitrogens is 1. The van der Waals surface area contributed by atoms with Gasteiger partial charge in [0, 0.05) is 29.2 Å². The Kier molecular flexibility index (Phi) is 5.86. The molecule has 0 bridgehead atoms. The van der Waals surface area contributed by atoms with Gasteiger partial charge in [-0.3, -0.25) is 4.79 Å². The normalized spacial score (nSPS) is 11.5. The highest BCUT2D eigenvalue weighted by Gasteiger charge is 2.14. The van der Waals surface area contributed by atoms with Gasteiger partial charge in [0.05, 0.1) is 10.7 Å². The zero-order valence-electron chi connectivity index (χ0n) is 18.2. The van der Waals surface area contributed by atoms with Gasteiger partial charge in [0.1, 0.15) is 11.6 Å². The number of nitriles is 1. The van der Waals surface area contributed by atoms with E-state index in [0.717, 1.165) is 16.5 Å². The van der Waals surface area contributed by atoms with Crippen LogP contribution in [0.3, 0.4) is 0 Å². The molecule has 0 spiro atoms. The molecule has 0 aliphatic carbocycles. The number of amides is 1. The third-order valence-electron chi connectivity index (χ3n) is 5.77. The fourth-order valence-corrected chi connectivity index (χ4v) is 4.29. The van der Waals surface area contributed by atoms with Crippen LogP contribution in [0.25, 0.3) is 27.8 Å². The minimum atomic E-state index is -0.498. The first-order chi connectivity index (χ1) is 16.6. The average molecular weight is 462 g/mol. The molecule has 0 fully saturated rings. The van der Waals surface area contributed by atoms with E-state index >= 15 is 0 Å². The number of carbonyl (C=O) groups excluding carboxylic acids is 1. The molecule has 0 saturated heterocycles. The van der Waals surface area contributed by atoms with Crippen molar-refractivity contribution < 1.29 is 4.79 Å². The summed E-state index contributed by atoms with van der Waals surface area (Å²) in [4.78, 5) is 12.8. The first kappa shape index (κ1) is 21.5. The van der Waals surface area contributed by atoms with Crippen molar-refractivity contribution in [2.45, 2.75) is 6.54 Å². The van der Waals surface area contributed by atoms with Gasteiger partial charge in [0.2, 0.25) is 0 Å². The number of halogens is 1. The number of hydrogen-bond acceptors (Lipinski definition) is 2. The van der Waals surface area contributed by atoms with Crippen LogP contribution in [0, 0.1) is 11.3 Å². The van der Waals surface area contributed by atoms with Crippen LogP contribution in [0.4, 0.5) is 5.69 Å². The molecule has 5 rings (SSSR count). The number of rotatable bonds is 5. The zero-order chi connectivity index (χ0) is 23.5. The molecular weight excluding hydrogens is 442 g/mol. The van der Waals surface area contributed by atoms with Crippen molar-refractivity contribution in [2.75, 3.05) is 5.32 Å². The van der Waals surface area contributed by atoms with Gasteiger partial charge in [0.25, 0.3) is 5.91 Å². The Morgan fingerprint density at radius 1 is 0.941 bits per heavy atom. The van der Waals surface area contributed by atoms with E-state index in [0.29, 0.717) is 17.3 Å². The van der Waals surface area contributed by atoms with Crippen LogP contribution in [0.1, 0.15) is 11.1 Å². The molecule has 0 aliphatic heterocycles. The number of para-hydroxylation sites is 2. The monoisotopic (exact) mass is 461 g/mol. The van der Waals surface area contributed by atoms with Gasteiger partial charge in [-0.05, 0) is 46.7 Å². The second kappa shape index (κ2) is 9.27. The predicted molar refractivity (Wildman–Crippen MR) is 139 cm³/mol. The molecular formula is C29H20ClN3O. The Balaban J connectivity index is 1.50. The molecule has 1 N–H and O–H groups in total. The van der Waals surface area contributed by atoms with Gasteiger partial charge in [-0.2, -0.15) is 5.26 Å². The number of fused-ring (bicyclic) bond motifs is 2. The highest BCUT2D eigenvalue weighted by Crippen LogP contribution is 2.26. The van der Waals surface area contributed by atoms with Crippen molar-refractivity contribution >= 4 is 50.9 Å². The summed E-state index contributed by atoms with van der Waals surface area (Å²) in [6, 6.07) is 31.7. The summed E-state index contributed by atoms with van der Waals surface area (Å²) in [6.07, 6.45) is 3.62. The molecule has 5 aromatic rings. The molecule has 1 aromatic heterocycles. The van der Waals surface area contributed by atoms with E-state index in [4.69, 9.17) is 11.6 Å². The maximum Gasteiger partial charge on any atom is 0.266 e. The molecule has 0 atom stereocenters. The number of benzene rings is 4. The lowest BCUT2D eigenvalue weighted by Crippen LogP contribution is -2.13. The Labute approximate surface area is 202 Å². The lowest BCUT2D eigenvalue weighted by molar-refractivity contribution is -0.112. The summed E-state index contributed by atoms with van der Waals surface area (Å²) in [5.74, 6) is -0.498. The standard InChI is InChI=1S/C29H20ClN3O/c30-26-10-4-5-11-27(26)32-29(34)23(17-31)16-24-19-33(28-12-6-3-9-25(24)28)18-20-13-14-21-7-1-2-8-22(21)15-20/h1-16,19H,18H2,(H,32,34)/b23-16+. The summed E-state index contributed by atoms with van der Waals surface area (Å²) in [6.45, 7) is 0.674. The summed E-state index contributed by atoms with van der Waals surface area (Å²) in [7, 11) is 0. The van der Waals surface area contributed by atoms with E-state index in [2.05, 4.69) is 40.2 Å². The van der Waals surface area contributed by atoms with E-state index < -0.39 is 5.91 Å². The van der Waals surface area contributed by atoms with E-state index in [9.17, 15) is 10.1 Å². The summed E-state index contributed by atoms with van der Waals surface area (Å²) < 4.78 is 2.15. The van der Waals surface area contributed by atoms with Crippen molar-refractivity contribution in [3.05, 3.63) is 119 Å². The number of anilines is 1. The van der Waals surface area contributed by atoms with Gasteiger partial charge >= 0.3 is 0 Å². The molecule has 1 heterocycles. The quantitative estimate of drug-likeness (QED) is 0.225. The predicted octanol–water partition coefficient (Wildman–Crippen LogP) is 7.04. The van der Waals surface area contributed by atoms with Crippen molar-refractivity contribution in [1.82, 2.24) is 4.57 Å². The summed E-state index contributed by atoms with van der Waals surface area (Å²) >= 11 is 6.15. The van der Waals surface area contributed by atoms with Crippen LogP contribution in [0.15, 0.2) is 103 Å². The Bertz CT molecular complexity index is 1610. The van der Waals surface area contributed by atoms with E-state index in [1.165, 1.54) is 16.3 Å². The molecule has 0 aliphatic rings. The Morgan fingerprint density at radius 3 is 2.50 bits per heavy atom. The molecule has 1 amide bonds. The highest BCUT2D eigenvalue weighted by atomic mass is 35.5. The van der Waals surface area contributed by atoms with Gasteiger partial charge < -0.3 is 9.88 Å². The molecule has 0 unspecified atom stereocenters. The minimum Gasteiger partial charge on any atom is -0.342 e. The van der Waals surface area contributed by atoms with Gasteiger partial charge in [-0.25, -0.2) is 0 Å². The fraction of sp³-hybridized carbons (Fsp3) is 0.0345. The number of nitrogens with zero attached hydrogens (tertiary/aromatic N) is 2. The largest absolute Gasteiger partial charge is 0.342 e. The second-order valence-corrected chi connectivity index (χ2v) is 8.42. The Hall–Kier alpha value is -4.33. The van der Waals surface area contributed by atoms with Crippen LogP contribution in [0.5, 0.6) is 0 Å². The second-order valence-electron chi connectivity index (χ2n) is 8.01. The van der Waals surface area contributed by atoms with Crippen molar-refractivity contribution in [3.63, 3.8) is 0 Å². The third kappa shape index (κ3) is 4.30. The lowest BCUT2D eigenvalue weighted by atomic mass is 10.1. The van der Waals surface area contributed by atoms with Gasteiger partial charge in [-0.1, -0.05) is 78.3 Å². The van der Waals surface area contributed by atoms with Crippen molar-refractivity contribution in [2.24, 2.45) is 0 Å². The zero-order valence-corrected chi connectivity index (χ0v) is 19.0. The molecule has 5 heteroatoms. The van der Waals surface area contributed by atoms with Gasteiger partial charge in [0.15, 0.2) is 0 Å². The van der Waals surface area contributed by atoms with Crippen LogP contribution in [-0.2, 0) is 11.3 Å². The fourth-order valence-electron chi connectivity index (χ4n) is 4.11. The minimum absolute atomic E-state index is 0.00790. The van der Waals surface area contributed by atoms with Crippen LogP contribution in [-0.4, -0.2) is 10.5 Å². The van der Waals surface area contributed by atoms with E-state index in [1.54, 1.807) is 30.3 Å². The first-order valence-corrected chi connectivity index (χ1v) is 11.2. The number of carbonyl (C=O) groups is 1. The van der Waals surface area contributed by atoms with Crippen LogP contribution in [0.2, 0.25) is 5.02 Å². The number of nitrogens with one attached hydrogen (secondary N) is 1. The average Bonchev–Trinajstić information content (AvgIpc) is 3.21. The van der Waals surface area contributed by atoms with Gasteiger partial charge in [-0.15, -0.1) is 0 Å². The molecule has 0 saturated carbocycles. The highest BCUT2D eigenvalue weighted by molar-refractivity contribution is 6.34. The topological polar surface area (TPSA) is 57.8 Å². The molecule has 4 nitrogen and oxygen atoms in total. The van der Waals surface area contributed by atoms with E-state index in [-0.39, 0.29) is 5.57 Å². The first-order valence-electron chi connectivity index (χ1n) is 10.9. The molecule has 0 radical (unpaired) electrons. The summed E-state index contributed by atoms with van der Waals surface area (Å²) in [5.41, 5.74) is 3.49. The lowest BCUT2D eigenvalue weighted by Gasteiger charge is -2.07. The molecule has 34 heavy (non-hydrogen) atoms. The van der Waals surface area contributed by atoms with Crippen molar-refractivity contribution in [3.8, 4) is 6.07 Å². The maximum absolute atomic E-state index is 12.8. The molecule has 164 valence electrons. The molecule has 4 aromatic carbocycles. The summed E-state index contributed by atoms with van der Waals surface area (Å²) in [5, 5.41) is 16.2. The Morgan fingerprint density at radius 2 is 1.68 bits per heavy atom. The third-order valence-corrected chi connectivity index (χ3v) is 6.10. The maximum atomic E-state index is 12.8. The smallest absolute Gasteiger partial charge is 0.266 e.